The van der Waals surface area contributed by atoms with Gasteiger partial charge in [0.05, 0.1) is 12.0 Å². The van der Waals surface area contributed by atoms with Crippen LogP contribution in [-0.4, -0.2) is 10.3 Å². The Morgan fingerprint density at radius 1 is 1.56 bits per heavy atom. The molecule has 1 rings (SSSR count). The van der Waals surface area contributed by atoms with Crippen molar-refractivity contribution in [1.82, 2.24) is 0 Å². The van der Waals surface area contributed by atoms with Crippen LogP contribution in [0.2, 0.25) is 0 Å². The third kappa shape index (κ3) is 6.71. The summed E-state index contributed by atoms with van der Waals surface area (Å²) in [5.74, 6) is -0.0154. The topological polar surface area (TPSA) is 70.6 Å². The molecule has 18 heavy (non-hydrogen) atoms. The maximum absolute atomic E-state index is 11.4. The van der Waals surface area contributed by atoms with Gasteiger partial charge in [0.1, 0.15) is 0 Å². The first-order chi connectivity index (χ1) is 8.17. The Labute approximate surface area is 145 Å². The Morgan fingerprint density at radius 2 is 2.28 bits per heavy atom. The molecule has 0 saturated heterocycles. The van der Waals surface area contributed by atoms with Crippen LogP contribution >= 0.6 is 34.6 Å². The Balaban J connectivity index is 0.00000289. The summed E-state index contributed by atoms with van der Waals surface area (Å²) in [7, 11) is 0. The van der Waals surface area contributed by atoms with Crippen LogP contribution < -0.4 is 40.1 Å². The fourth-order valence-corrected chi connectivity index (χ4v) is 2.09. The molecule has 1 amide bonds. The number of benzene rings is 1. The van der Waals surface area contributed by atoms with Crippen molar-refractivity contribution in [2.24, 2.45) is 0 Å². The Morgan fingerprint density at radius 3 is 2.83 bits per heavy atom. The van der Waals surface area contributed by atoms with Crippen LogP contribution in [0, 0.1) is 6.92 Å². The molecule has 0 saturated carbocycles. The van der Waals surface area contributed by atoms with Gasteiger partial charge in [-0.15, -0.1) is 0 Å². The first kappa shape index (κ1) is 18.7. The largest absolute Gasteiger partial charge is 1.00 e. The van der Waals surface area contributed by atoms with Gasteiger partial charge in [-0.3, -0.25) is 9.83 Å². The predicted octanol–water partition coefficient (Wildman–Crippen LogP) is -1.01. The summed E-state index contributed by atoms with van der Waals surface area (Å²) in [6, 6.07) is 5.30. The summed E-state index contributed by atoms with van der Waals surface area (Å²) in [5, 5.41) is 15.7. The first-order valence-electron chi connectivity index (χ1n) is 4.77. The van der Waals surface area contributed by atoms with Crippen LogP contribution in [0.5, 0.6) is 0 Å². The number of carbonyl (C=O) groups is 1. The molecule has 1 N–H and O–H groups in total. The number of nitrogens with one attached hydrogen (secondary N) is 1. The quantitative estimate of drug-likeness (QED) is 0.168. The number of carbonyl (C=O) groups excluding carboxylic acids is 1. The molecule has 0 spiro atoms. The minimum absolute atomic E-state index is 0. The first-order valence-corrected chi connectivity index (χ1v) is 7.03. The number of alkyl halides is 1. The van der Waals surface area contributed by atoms with E-state index in [9.17, 15) is 10.1 Å². The molecule has 0 bridgehead atoms. The standard InChI is InChI=1S/C10H12INO4S.Na/c1-7-6-8(12-10(13)4-5-11)2-3-9(7)17-16-15-14;/h2-3,6,14H,4-5H2,1H3,(H,12,13);/q;+1/p-1. The van der Waals surface area contributed by atoms with E-state index in [1.54, 1.807) is 12.1 Å². The maximum Gasteiger partial charge on any atom is 1.00 e. The number of anilines is 1. The van der Waals surface area contributed by atoms with Gasteiger partial charge in [0.15, 0.2) is 0 Å². The van der Waals surface area contributed by atoms with E-state index in [1.807, 2.05) is 13.0 Å². The fraction of sp³-hybridized carbons (Fsp3) is 0.300. The van der Waals surface area contributed by atoms with Crippen LogP contribution in [0.4, 0.5) is 5.69 Å². The molecule has 1 aromatic carbocycles. The van der Waals surface area contributed by atoms with Gasteiger partial charge in [-0.25, -0.2) is 0 Å². The van der Waals surface area contributed by atoms with Gasteiger partial charge in [0.2, 0.25) is 5.91 Å². The van der Waals surface area contributed by atoms with E-state index >= 15 is 0 Å². The second kappa shape index (κ2) is 10.4. The van der Waals surface area contributed by atoms with Gasteiger partial charge >= 0.3 is 29.6 Å². The van der Waals surface area contributed by atoms with Crippen molar-refractivity contribution in [2.45, 2.75) is 18.2 Å². The second-order valence-electron chi connectivity index (χ2n) is 3.19. The van der Waals surface area contributed by atoms with Crippen LogP contribution in [0.15, 0.2) is 23.1 Å². The molecular weight excluding hydrogens is 380 g/mol. The Bertz CT molecular complexity index is 394. The molecule has 0 heterocycles. The van der Waals surface area contributed by atoms with E-state index in [4.69, 9.17) is 0 Å². The summed E-state index contributed by atoms with van der Waals surface area (Å²) in [4.78, 5) is 12.1. The number of rotatable bonds is 6. The third-order valence-corrected chi connectivity index (χ3v) is 3.23. The molecule has 5 nitrogen and oxygen atoms in total. The van der Waals surface area contributed by atoms with Crippen molar-refractivity contribution in [3.8, 4) is 0 Å². The van der Waals surface area contributed by atoms with Crippen molar-refractivity contribution in [3.05, 3.63) is 23.8 Å². The summed E-state index contributed by atoms with van der Waals surface area (Å²) < 4.78 is 5.02. The number of amides is 1. The molecule has 0 aliphatic carbocycles. The van der Waals surface area contributed by atoms with Crippen molar-refractivity contribution in [2.75, 3.05) is 9.74 Å². The van der Waals surface area contributed by atoms with Gasteiger partial charge < -0.3 is 10.6 Å². The van der Waals surface area contributed by atoms with E-state index in [0.29, 0.717) is 6.42 Å². The average Bonchev–Trinajstić information content (AvgIpc) is 2.28. The van der Waals surface area contributed by atoms with Crippen molar-refractivity contribution >= 4 is 46.2 Å². The Kier molecular flexibility index (Phi) is 10.8. The molecule has 94 valence electrons. The summed E-state index contributed by atoms with van der Waals surface area (Å²) in [6.07, 6.45) is 0.489. The third-order valence-electron chi connectivity index (χ3n) is 1.93. The fourth-order valence-electron chi connectivity index (χ4n) is 1.18. The van der Waals surface area contributed by atoms with E-state index < -0.39 is 0 Å². The maximum atomic E-state index is 11.4. The van der Waals surface area contributed by atoms with Crippen LogP contribution in [0.1, 0.15) is 12.0 Å². The molecule has 0 radical (unpaired) electrons. The molecule has 0 fully saturated rings. The molecular formula is C10H11INNaO4S. The van der Waals surface area contributed by atoms with Crippen molar-refractivity contribution < 1.29 is 49.0 Å². The second-order valence-corrected chi connectivity index (χ2v) is 5.01. The zero-order chi connectivity index (χ0) is 12.7. The van der Waals surface area contributed by atoms with Gasteiger partial charge in [0.25, 0.3) is 0 Å². The minimum atomic E-state index is -0.0154. The minimum Gasteiger partial charge on any atom is -0.691 e. The SMILES string of the molecule is Cc1cc(NC(=O)CCI)ccc1SOO[O-].[Na+]. The molecule has 0 aliphatic rings. The average molecular weight is 391 g/mol. The normalized spacial score (nSPS) is 9.72. The van der Waals surface area contributed by atoms with E-state index in [-0.39, 0.29) is 35.5 Å². The monoisotopic (exact) mass is 391 g/mol. The Hall–Kier alpha value is 0.650. The molecule has 0 aromatic heterocycles. The van der Waals surface area contributed by atoms with E-state index in [2.05, 4.69) is 37.3 Å². The summed E-state index contributed by atoms with van der Waals surface area (Å²) in [6.45, 7) is 1.85. The van der Waals surface area contributed by atoms with Crippen molar-refractivity contribution in [3.63, 3.8) is 0 Å². The van der Waals surface area contributed by atoms with Gasteiger partial charge in [-0.1, -0.05) is 22.6 Å². The van der Waals surface area contributed by atoms with Crippen LogP contribution in [0.25, 0.3) is 0 Å². The molecule has 0 aliphatic heterocycles. The van der Waals surface area contributed by atoms with Gasteiger partial charge in [-0.05, 0) is 30.7 Å². The predicted molar refractivity (Wildman–Crippen MR) is 71.3 cm³/mol. The van der Waals surface area contributed by atoms with E-state index in [1.165, 1.54) is 0 Å². The van der Waals surface area contributed by atoms with Gasteiger partial charge in [-0.2, -0.15) is 4.33 Å². The van der Waals surface area contributed by atoms with Crippen molar-refractivity contribution in [1.29, 1.82) is 0 Å². The number of hydrogen-bond donors (Lipinski definition) is 1. The molecule has 8 heteroatoms. The van der Waals surface area contributed by atoms with Crippen LogP contribution in [0.3, 0.4) is 0 Å². The number of halogens is 1. The van der Waals surface area contributed by atoms with Crippen LogP contribution in [-0.2, 0) is 14.2 Å². The number of aryl methyl sites for hydroxylation is 1. The zero-order valence-corrected chi connectivity index (χ0v) is 15.0. The molecule has 1 aromatic rings. The number of hydrogen-bond acceptors (Lipinski definition) is 5. The van der Waals surface area contributed by atoms with Gasteiger partial charge in [0, 0.05) is 21.4 Å². The van der Waals surface area contributed by atoms with E-state index in [0.717, 1.165) is 32.6 Å². The molecule has 0 unspecified atom stereocenters. The zero-order valence-electron chi connectivity index (χ0n) is 10.1. The smallest absolute Gasteiger partial charge is 0.691 e. The summed E-state index contributed by atoms with van der Waals surface area (Å²) in [5.41, 5.74) is 1.61. The summed E-state index contributed by atoms with van der Waals surface area (Å²) >= 11 is 2.98. The molecule has 0 atom stereocenters.